The van der Waals surface area contributed by atoms with Gasteiger partial charge in [0.15, 0.2) is 0 Å². The van der Waals surface area contributed by atoms with Gasteiger partial charge in [-0.05, 0) is 36.2 Å². The first-order valence-electron chi connectivity index (χ1n) is 9.03. The Hall–Kier alpha value is -3.35. The Labute approximate surface area is 162 Å². The second-order valence-corrected chi connectivity index (χ2v) is 6.66. The number of rotatable bonds is 7. The first-order chi connectivity index (χ1) is 13.5. The van der Waals surface area contributed by atoms with Crippen LogP contribution in [0, 0.1) is 5.92 Å². The van der Waals surface area contributed by atoms with E-state index in [4.69, 9.17) is 9.84 Å². The van der Waals surface area contributed by atoms with Crippen LogP contribution in [0.5, 0.6) is 5.75 Å². The number of ether oxygens (including phenoxy) is 1. The fourth-order valence-corrected chi connectivity index (χ4v) is 3.22. The van der Waals surface area contributed by atoms with Crippen LogP contribution in [0.25, 0.3) is 0 Å². The van der Waals surface area contributed by atoms with E-state index in [0.717, 1.165) is 5.56 Å². The molecule has 1 heterocycles. The molecule has 1 atom stereocenters. The quantitative estimate of drug-likeness (QED) is 0.768. The highest BCUT2D eigenvalue weighted by molar-refractivity contribution is 6.04. The van der Waals surface area contributed by atoms with Crippen LogP contribution < -0.4 is 15.0 Å². The van der Waals surface area contributed by atoms with Crippen molar-refractivity contribution in [1.82, 2.24) is 0 Å². The van der Waals surface area contributed by atoms with Crippen molar-refractivity contribution in [2.24, 2.45) is 5.92 Å². The molecular weight excluding hydrogens is 360 g/mol. The van der Waals surface area contributed by atoms with Crippen LogP contribution >= 0.6 is 0 Å². The fraction of sp³-hybridized carbons (Fsp3) is 0.286. The van der Waals surface area contributed by atoms with Crippen LogP contribution in [-0.2, 0) is 20.8 Å². The summed E-state index contributed by atoms with van der Waals surface area (Å²) in [6, 6.07) is 14.3. The number of nitrogens with one attached hydrogen (secondary N) is 1. The molecule has 7 heteroatoms. The zero-order valence-corrected chi connectivity index (χ0v) is 15.6. The van der Waals surface area contributed by atoms with Crippen LogP contribution in [0.2, 0.25) is 0 Å². The molecule has 2 aromatic carbocycles. The molecule has 1 saturated heterocycles. The van der Waals surface area contributed by atoms with E-state index in [1.807, 2.05) is 12.1 Å². The third-order valence-corrected chi connectivity index (χ3v) is 4.72. The predicted octanol–water partition coefficient (Wildman–Crippen LogP) is 2.70. The Bertz CT molecular complexity index is 879. The number of carbonyl (C=O) groups is 3. The van der Waals surface area contributed by atoms with Gasteiger partial charge in [0.1, 0.15) is 5.75 Å². The maximum atomic E-state index is 12.6. The molecule has 28 heavy (non-hydrogen) atoms. The van der Waals surface area contributed by atoms with E-state index < -0.39 is 11.9 Å². The van der Waals surface area contributed by atoms with Gasteiger partial charge in [-0.25, -0.2) is 0 Å². The monoisotopic (exact) mass is 382 g/mol. The number of amides is 2. The lowest BCUT2D eigenvalue weighted by molar-refractivity contribution is -0.137. The molecule has 1 fully saturated rings. The predicted molar refractivity (Wildman–Crippen MR) is 104 cm³/mol. The van der Waals surface area contributed by atoms with E-state index in [0.29, 0.717) is 30.1 Å². The highest BCUT2D eigenvalue weighted by atomic mass is 16.5. The summed E-state index contributed by atoms with van der Waals surface area (Å²) in [5.41, 5.74) is 2.17. The summed E-state index contributed by atoms with van der Waals surface area (Å²) >= 11 is 0. The van der Waals surface area contributed by atoms with E-state index in [1.165, 1.54) is 0 Å². The van der Waals surface area contributed by atoms with Crippen molar-refractivity contribution >= 4 is 29.2 Å². The fourth-order valence-electron chi connectivity index (χ4n) is 3.22. The van der Waals surface area contributed by atoms with Gasteiger partial charge in [0.2, 0.25) is 11.8 Å². The third-order valence-electron chi connectivity index (χ3n) is 4.72. The van der Waals surface area contributed by atoms with E-state index >= 15 is 0 Å². The maximum Gasteiger partial charge on any atom is 0.303 e. The number of anilines is 2. The Morgan fingerprint density at radius 2 is 1.89 bits per heavy atom. The van der Waals surface area contributed by atoms with Crippen molar-refractivity contribution in [3.63, 3.8) is 0 Å². The highest BCUT2D eigenvalue weighted by Crippen LogP contribution is 2.33. The molecular formula is C21H22N2O5. The molecule has 0 spiro atoms. The van der Waals surface area contributed by atoms with Crippen molar-refractivity contribution in [2.45, 2.75) is 19.3 Å². The Morgan fingerprint density at radius 3 is 2.57 bits per heavy atom. The zero-order chi connectivity index (χ0) is 20.1. The van der Waals surface area contributed by atoms with Gasteiger partial charge in [0.05, 0.1) is 18.7 Å². The van der Waals surface area contributed by atoms with Gasteiger partial charge in [-0.15, -0.1) is 0 Å². The number of para-hydroxylation sites is 2. The molecule has 1 aliphatic heterocycles. The summed E-state index contributed by atoms with van der Waals surface area (Å²) in [6.45, 7) is 0.293. The van der Waals surface area contributed by atoms with Crippen molar-refractivity contribution in [1.29, 1.82) is 0 Å². The number of carboxylic acids is 1. The molecule has 0 aromatic heterocycles. The number of carbonyl (C=O) groups excluding carboxylic acids is 2. The summed E-state index contributed by atoms with van der Waals surface area (Å²) in [6.07, 6.45) is 0.643. The maximum absolute atomic E-state index is 12.6. The second kappa shape index (κ2) is 8.56. The molecule has 0 radical (unpaired) electrons. The summed E-state index contributed by atoms with van der Waals surface area (Å²) < 4.78 is 5.31. The van der Waals surface area contributed by atoms with Crippen LogP contribution in [0.1, 0.15) is 18.4 Å². The molecule has 0 bridgehead atoms. The lowest BCUT2D eigenvalue weighted by Gasteiger charge is -2.19. The minimum atomic E-state index is -0.845. The Morgan fingerprint density at radius 1 is 1.18 bits per heavy atom. The average Bonchev–Trinajstić information content (AvgIpc) is 3.09. The van der Waals surface area contributed by atoms with Crippen LogP contribution in [0.15, 0.2) is 48.5 Å². The van der Waals surface area contributed by atoms with Crippen LogP contribution in [-0.4, -0.2) is 36.5 Å². The number of methoxy groups -OCH3 is 1. The van der Waals surface area contributed by atoms with Crippen molar-refractivity contribution in [3.05, 3.63) is 54.1 Å². The summed E-state index contributed by atoms with van der Waals surface area (Å²) in [7, 11) is 1.55. The minimum Gasteiger partial charge on any atom is -0.495 e. The SMILES string of the molecule is COc1ccccc1N1CC(C(=O)Nc2ccc(CCC(=O)O)cc2)CC1=O. The Balaban J connectivity index is 1.62. The zero-order valence-electron chi connectivity index (χ0n) is 15.6. The molecule has 2 N–H and O–H groups in total. The van der Waals surface area contributed by atoms with Crippen molar-refractivity contribution in [3.8, 4) is 5.75 Å². The molecule has 2 amide bonds. The standard InChI is InChI=1S/C21H22N2O5/c1-28-18-5-3-2-4-17(18)23-13-15(12-19(23)24)21(27)22-16-9-6-14(7-10-16)8-11-20(25)26/h2-7,9-10,15H,8,11-13H2,1H3,(H,22,27)(H,25,26). The van der Waals surface area contributed by atoms with Crippen LogP contribution in [0.3, 0.4) is 0 Å². The number of nitrogens with zero attached hydrogens (tertiary/aromatic N) is 1. The smallest absolute Gasteiger partial charge is 0.303 e. The van der Waals surface area contributed by atoms with Gasteiger partial charge >= 0.3 is 5.97 Å². The van der Waals surface area contributed by atoms with Gasteiger partial charge in [0.25, 0.3) is 0 Å². The molecule has 0 saturated carbocycles. The number of aryl methyl sites for hydroxylation is 1. The normalized spacial score (nSPS) is 16.1. The van der Waals surface area contributed by atoms with Gasteiger partial charge in [-0.1, -0.05) is 24.3 Å². The first kappa shape index (κ1) is 19.4. The lowest BCUT2D eigenvalue weighted by Crippen LogP contribution is -2.28. The van der Waals surface area contributed by atoms with E-state index in [1.54, 1.807) is 48.4 Å². The second-order valence-electron chi connectivity index (χ2n) is 6.66. The summed E-state index contributed by atoms with van der Waals surface area (Å²) in [4.78, 5) is 37.2. The van der Waals surface area contributed by atoms with Gasteiger partial charge in [0, 0.05) is 25.1 Å². The van der Waals surface area contributed by atoms with Gasteiger partial charge in [-0.2, -0.15) is 0 Å². The minimum absolute atomic E-state index is 0.0642. The van der Waals surface area contributed by atoms with E-state index in [9.17, 15) is 14.4 Å². The van der Waals surface area contributed by atoms with E-state index in [2.05, 4.69) is 5.32 Å². The van der Waals surface area contributed by atoms with Crippen LogP contribution in [0.4, 0.5) is 11.4 Å². The summed E-state index contributed by atoms with van der Waals surface area (Å²) in [5.74, 6) is -1.04. The number of hydrogen-bond acceptors (Lipinski definition) is 4. The highest BCUT2D eigenvalue weighted by Gasteiger charge is 2.36. The van der Waals surface area contributed by atoms with Crippen molar-refractivity contribution in [2.75, 3.05) is 23.9 Å². The summed E-state index contributed by atoms with van der Waals surface area (Å²) in [5, 5.41) is 11.6. The number of benzene rings is 2. The van der Waals surface area contributed by atoms with Gasteiger partial charge < -0.3 is 20.1 Å². The largest absolute Gasteiger partial charge is 0.495 e. The number of aliphatic carboxylic acids is 1. The molecule has 7 nitrogen and oxygen atoms in total. The lowest BCUT2D eigenvalue weighted by atomic mass is 10.1. The third kappa shape index (κ3) is 4.49. The molecule has 146 valence electrons. The van der Waals surface area contributed by atoms with Crippen molar-refractivity contribution < 1.29 is 24.2 Å². The molecule has 1 aliphatic rings. The number of hydrogen-bond donors (Lipinski definition) is 2. The molecule has 2 aromatic rings. The van der Waals surface area contributed by atoms with Gasteiger partial charge in [-0.3, -0.25) is 14.4 Å². The average molecular weight is 382 g/mol. The topological polar surface area (TPSA) is 95.9 Å². The Kier molecular flexibility index (Phi) is 5.93. The molecule has 0 aliphatic carbocycles. The van der Waals surface area contributed by atoms with E-state index in [-0.39, 0.29) is 24.7 Å². The molecule has 3 rings (SSSR count). The molecule has 1 unspecified atom stereocenters. The first-order valence-corrected chi connectivity index (χ1v) is 9.03. The number of carboxylic acid groups (broad SMARTS) is 1.